The van der Waals surface area contributed by atoms with Crippen molar-refractivity contribution in [1.82, 2.24) is 0 Å². The number of rotatable bonds is 4. The van der Waals surface area contributed by atoms with Gasteiger partial charge in [0, 0.05) is 5.56 Å². The Morgan fingerprint density at radius 2 is 1.79 bits per heavy atom. The van der Waals surface area contributed by atoms with Crippen LogP contribution in [0, 0.1) is 5.41 Å². The van der Waals surface area contributed by atoms with Crippen molar-refractivity contribution >= 4 is 5.78 Å². The fourth-order valence-electron chi connectivity index (χ4n) is 4.34. The molecule has 2 unspecified atom stereocenters. The summed E-state index contributed by atoms with van der Waals surface area (Å²) in [5.41, 5.74) is 3.52. The van der Waals surface area contributed by atoms with Crippen molar-refractivity contribution in [3.63, 3.8) is 0 Å². The molecule has 0 saturated heterocycles. The Bertz CT molecular complexity index is 791. The van der Waals surface area contributed by atoms with Crippen LogP contribution in [0.2, 0.25) is 0 Å². The number of carbonyl (C=O) groups excluding carboxylic acids is 1. The van der Waals surface area contributed by atoms with E-state index in [4.69, 9.17) is 0 Å². The van der Waals surface area contributed by atoms with Crippen LogP contribution >= 0.6 is 0 Å². The summed E-state index contributed by atoms with van der Waals surface area (Å²) >= 11 is 0. The Labute approximate surface area is 142 Å². The van der Waals surface area contributed by atoms with E-state index in [1.807, 2.05) is 48.5 Å². The normalized spacial score (nSPS) is 23.9. The number of carbonyl (C=O) groups is 1. The lowest BCUT2D eigenvalue weighted by atomic mass is 9.71. The SMILES string of the molecule is O=C1c2ccccc2CC1(CC(O)c1ccccc1)C1=CCCC1. The summed E-state index contributed by atoms with van der Waals surface area (Å²) in [6.45, 7) is 0. The Hall–Kier alpha value is -2.19. The molecule has 2 aliphatic rings. The first-order valence-corrected chi connectivity index (χ1v) is 8.76. The maximum absolute atomic E-state index is 13.3. The average molecular weight is 318 g/mol. The Kier molecular flexibility index (Phi) is 3.85. The van der Waals surface area contributed by atoms with Crippen LogP contribution in [0.4, 0.5) is 0 Å². The first-order chi connectivity index (χ1) is 11.7. The van der Waals surface area contributed by atoms with Crippen LogP contribution in [0.15, 0.2) is 66.2 Å². The number of hydrogen-bond donors (Lipinski definition) is 1. The van der Waals surface area contributed by atoms with E-state index < -0.39 is 11.5 Å². The number of benzene rings is 2. The highest BCUT2D eigenvalue weighted by molar-refractivity contribution is 6.06. The van der Waals surface area contributed by atoms with Crippen molar-refractivity contribution in [2.75, 3.05) is 0 Å². The van der Waals surface area contributed by atoms with Crippen LogP contribution in [0.25, 0.3) is 0 Å². The van der Waals surface area contributed by atoms with Gasteiger partial charge in [-0.15, -0.1) is 0 Å². The second kappa shape index (κ2) is 6.03. The van der Waals surface area contributed by atoms with Crippen LogP contribution in [0.1, 0.15) is 53.3 Å². The predicted molar refractivity (Wildman–Crippen MR) is 94.9 cm³/mol. The summed E-state index contributed by atoms with van der Waals surface area (Å²) in [7, 11) is 0. The van der Waals surface area contributed by atoms with E-state index in [-0.39, 0.29) is 5.78 Å². The number of allylic oxidation sites excluding steroid dienone is 2. The maximum Gasteiger partial charge on any atom is 0.173 e. The standard InChI is InChI=1S/C22H22O2/c23-20(16-8-2-1-3-9-16)15-22(18-11-5-6-12-18)14-17-10-4-7-13-19(17)21(22)24/h1-4,7-11,13,20,23H,5-6,12,14-15H2. The Balaban J connectivity index is 1.73. The monoisotopic (exact) mass is 318 g/mol. The molecule has 0 saturated carbocycles. The molecule has 2 atom stereocenters. The Morgan fingerprint density at radius 1 is 1.04 bits per heavy atom. The number of hydrogen-bond acceptors (Lipinski definition) is 2. The van der Waals surface area contributed by atoms with Crippen molar-refractivity contribution in [3.05, 3.63) is 82.9 Å². The van der Waals surface area contributed by atoms with E-state index in [1.165, 1.54) is 5.57 Å². The fourth-order valence-corrected chi connectivity index (χ4v) is 4.34. The van der Waals surface area contributed by atoms with E-state index in [2.05, 4.69) is 12.1 Å². The molecular weight excluding hydrogens is 296 g/mol. The Morgan fingerprint density at radius 3 is 2.50 bits per heavy atom. The molecule has 0 aromatic heterocycles. The smallest absolute Gasteiger partial charge is 0.173 e. The van der Waals surface area contributed by atoms with E-state index >= 15 is 0 Å². The summed E-state index contributed by atoms with van der Waals surface area (Å²) in [6.07, 6.45) is 5.94. The lowest BCUT2D eigenvalue weighted by molar-refractivity contribution is 0.0716. The van der Waals surface area contributed by atoms with Gasteiger partial charge >= 0.3 is 0 Å². The van der Waals surface area contributed by atoms with Gasteiger partial charge in [-0.3, -0.25) is 4.79 Å². The van der Waals surface area contributed by atoms with Crippen LogP contribution in [-0.4, -0.2) is 10.9 Å². The minimum Gasteiger partial charge on any atom is -0.388 e. The zero-order valence-electron chi connectivity index (χ0n) is 13.7. The van der Waals surface area contributed by atoms with Crippen molar-refractivity contribution in [3.8, 4) is 0 Å². The van der Waals surface area contributed by atoms with Crippen molar-refractivity contribution in [1.29, 1.82) is 0 Å². The van der Waals surface area contributed by atoms with Crippen molar-refractivity contribution in [2.24, 2.45) is 5.41 Å². The molecule has 0 aliphatic heterocycles. The minimum absolute atomic E-state index is 0.196. The third-order valence-corrected chi connectivity index (χ3v) is 5.57. The molecule has 0 fully saturated rings. The molecule has 2 aliphatic carbocycles. The van der Waals surface area contributed by atoms with Crippen molar-refractivity contribution < 1.29 is 9.90 Å². The minimum atomic E-state index is -0.619. The van der Waals surface area contributed by atoms with Gasteiger partial charge in [0.15, 0.2) is 5.78 Å². The molecule has 24 heavy (non-hydrogen) atoms. The highest BCUT2D eigenvalue weighted by Crippen LogP contribution is 2.50. The summed E-state index contributed by atoms with van der Waals surface area (Å²) in [6, 6.07) is 17.6. The highest BCUT2D eigenvalue weighted by atomic mass is 16.3. The molecule has 0 heterocycles. The van der Waals surface area contributed by atoms with Gasteiger partial charge in [-0.2, -0.15) is 0 Å². The first kappa shape index (κ1) is 15.3. The van der Waals surface area contributed by atoms with E-state index in [0.29, 0.717) is 6.42 Å². The molecule has 0 spiro atoms. The van der Waals surface area contributed by atoms with Crippen LogP contribution in [0.3, 0.4) is 0 Å². The maximum atomic E-state index is 13.3. The molecule has 2 nitrogen and oxygen atoms in total. The van der Waals surface area contributed by atoms with Gasteiger partial charge < -0.3 is 5.11 Å². The predicted octanol–water partition coefficient (Wildman–Crippen LogP) is 4.65. The summed E-state index contributed by atoms with van der Waals surface area (Å²) in [5, 5.41) is 10.8. The van der Waals surface area contributed by atoms with E-state index in [1.54, 1.807) is 0 Å². The molecule has 1 N–H and O–H groups in total. The van der Waals surface area contributed by atoms with Crippen LogP contribution in [0.5, 0.6) is 0 Å². The number of aliphatic hydroxyl groups is 1. The quantitative estimate of drug-likeness (QED) is 0.833. The molecule has 2 heteroatoms. The van der Waals surface area contributed by atoms with Crippen LogP contribution < -0.4 is 0 Å². The van der Waals surface area contributed by atoms with Gasteiger partial charge in [-0.05, 0) is 43.2 Å². The number of Topliss-reactive ketones (excluding diaryl/α,β-unsaturated/α-hetero) is 1. The molecule has 122 valence electrons. The second-order valence-electron chi connectivity index (χ2n) is 7.00. The number of aliphatic hydroxyl groups excluding tert-OH is 1. The van der Waals surface area contributed by atoms with Crippen molar-refractivity contribution in [2.45, 2.75) is 38.2 Å². The molecule has 0 amide bonds. The van der Waals surface area contributed by atoms with Gasteiger partial charge in [0.1, 0.15) is 0 Å². The molecule has 2 aromatic rings. The molecule has 2 aromatic carbocycles. The summed E-state index contributed by atoms with van der Waals surface area (Å²) in [5.74, 6) is 0.196. The van der Waals surface area contributed by atoms with Gasteiger partial charge in [-0.1, -0.05) is 66.2 Å². The lowest BCUT2D eigenvalue weighted by Crippen LogP contribution is -2.32. The van der Waals surface area contributed by atoms with Gasteiger partial charge in [0.2, 0.25) is 0 Å². The molecule has 0 bridgehead atoms. The van der Waals surface area contributed by atoms with Gasteiger partial charge in [0.25, 0.3) is 0 Å². The summed E-state index contributed by atoms with van der Waals surface area (Å²) in [4.78, 5) is 13.3. The fraction of sp³-hybridized carbons (Fsp3) is 0.318. The topological polar surface area (TPSA) is 37.3 Å². The zero-order chi connectivity index (χ0) is 16.6. The third kappa shape index (κ3) is 2.42. The average Bonchev–Trinajstić information content (AvgIpc) is 3.24. The number of ketones is 1. The largest absolute Gasteiger partial charge is 0.388 e. The molecule has 0 radical (unpaired) electrons. The number of fused-ring (bicyclic) bond motifs is 1. The highest BCUT2D eigenvalue weighted by Gasteiger charge is 2.49. The zero-order valence-corrected chi connectivity index (χ0v) is 13.7. The summed E-state index contributed by atoms with van der Waals surface area (Å²) < 4.78 is 0. The van der Waals surface area contributed by atoms with E-state index in [0.717, 1.165) is 42.4 Å². The first-order valence-electron chi connectivity index (χ1n) is 8.76. The van der Waals surface area contributed by atoms with Gasteiger partial charge in [0.05, 0.1) is 11.5 Å². The second-order valence-corrected chi connectivity index (χ2v) is 7.00. The third-order valence-electron chi connectivity index (χ3n) is 5.57. The lowest BCUT2D eigenvalue weighted by Gasteiger charge is -2.32. The van der Waals surface area contributed by atoms with E-state index in [9.17, 15) is 9.90 Å². The molecule has 4 rings (SSSR count). The van der Waals surface area contributed by atoms with Crippen LogP contribution in [-0.2, 0) is 6.42 Å². The van der Waals surface area contributed by atoms with Gasteiger partial charge in [-0.25, -0.2) is 0 Å². The molecular formula is C22H22O2.